The fourth-order valence-corrected chi connectivity index (χ4v) is 7.60. The summed E-state index contributed by atoms with van der Waals surface area (Å²) in [7, 11) is 5.47. The van der Waals surface area contributed by atoms with E-state index in [0.29, 0.717) is 23.8 Å². The Labute approximate surface area is 313 Å². The first kappa shape index (κ1) is 42.6. The van der Waals surface area contributed by atoms with E-state index in [1.165, 1.54) is 18.3 Å². The first-order chi connectivity index (χ1) is 24.5. The van der Waals surface area contributed by atoms with Gasteiger partial charge >= 0.3 is 11.9 Å². The first-order valence-corrected chi connectivity index (χ1v) is 19.3. The summed E-state index contributed by atoms with van der Waals surface area (Å²) in [6, 6.07) is 7.63. The average Bonchev–Trinajstić information content (AvgIpc) is 3.82. The van der Waals surface area contributed by atoms with Crippen molar-refractivity contribution < 1.29 is 33.8 Å². The van der Waals surface area contributed by atoms with Gasteiger partial charge in [0.2, 0.25) is 11.8 Å². The molecular weight excluding hydrogens is 683 g/mol. The Balaban J connectivity index is 1.83. The number of carbonyl (C=O) groups excluding carboxylic acids is 4. The fourth-order valence-electron chi connectivity index (χ4n) is 6.76. The summed E-state index contributed by atoms with van der Waals surface area (Å²) < 4.78 is 5.78. The number of hydrogen-bond acceptors (Lipinski definition) is 9. The lowest BCUT2D eigenvalue weighted by Gasteiger charge is -2.37. The molecule has 0 spiro atoms. The van der Waals surface area contributed by atoms with Crippen LogP contribution in [0.1, 0.15) is 107 Å². The molecule has 3 N–H and O–H groups in total. The Bertz CT molecular complexity index is 1490. The van der Waals surface area contributed by atoms with Crippen LogP contribution in [0, 0.1) is 23.7 Å². The predicted molar refractivity (Wildman–Crippen MR) is 202 cm³/mol. The summed E-state index contributed by atoms with van der Waals surface area (Å²) in [5.74, 6) is -2.70. The van der Waals surface area contributed by atoms with Gasteiger partial charge in [-0.15, -0.1) is 11.3 Å². The second-order valence-electron chi connectivity index (χ2n) is 15.0. The number of amides is 3. The van der Waals surface area contributed by atoms with E-state index in [0.717, 1.165) is 24.8 Å². The van der Waals surface area contributed by atoms with E-state index >= 15 is 0 Å². The number of aromatic nitrogens is 1. The van der Waals surface area contributed by atoms with Crippen LogP contribution in [-0.2, 0) is 30.3 Å². The molecule has 52 heavy (non-hydrogen) atoms. The third kappa shape index (κ3) is 12.4. The highest BCUT2D eigenvalue weighted by atomic mass is 32.1. The van der Waals surface area contributed by atoms with Crippen molar-refractivity contribution in [3.63, 3.8) is 0 Å². The summed E-state index contributed by atoms with van der Waals surface area (Å²) in [4.78, 5) is 73.5. The zero-order valence-corrected chi connectivity index (χ0v) is 33.1. The van der Waals surface area contributed by atoms with E-state index in [1.54, 1.807) is 24.3 Å². The van der Waals surface area contributed by atoms with Crippen LogP contribution < -0.4 is 10.6 Å². The smallest absolute Gasteiger partial charge is 0.306 e. The van der Waals surface area contributed by atoms with E-state index in [1.807, 2.05) is 77.0 Å². The molecule has 2 aromatic rings. The molecule has 0 unspecified atom stereocenters. The molecule has 1 aromatic heterocycles. The van der Waals surface area contributed by atoms with E-state index < -0.39 is 48.0 Å². The fraction of sp³-hybridized carbons (Fsp3) is 0.641. The van der Waals surface area contributed by atoms with Crippen molar-refractivity contribution in [2.24, 2.45) is 23.7 Å². The maximum absolute atomic E-state index is 14.3. The number of hydrogen-bond donors (Lipinski definition) is 3. The minimum absolute atomic E-state index is 0.0492. The van der Waals surface area contributed by atoms with Crippen LogP contribution >= 0.6 is 11.3 Å². The van der Waals surface area contributed by atoms with Crippen LogP contribution in [0.5, 0.6) is 0 Å². The molecule has 3 rings (SSSR count). The quantitative estimate of drug-likeness (QED) is 0.144. The van der Waals surface area contributed by atoms with Crippen LogP contribution in [0.4, 0.5) is 0 Å². The predicted octanol–water partition coefficient (Wildman–Crippen LogP) is 5.33. The minimum atomic E-state index is -0.944. The van der Waals surface area contributed by atoms with Crippen molar-refractivity contribution in [3.05, 3.63) is 52.0 Å². The number of benzene rings is 1. The molecule has 288 valence electrons. The van der Waals surface area contributed by atoms with Gasteiger partial charge in [0.15, 0.2) is 6.10 Å². The molecule has 12 nitrogen and oxygen atoms in total. The van der Waals surface area contributed by atoms with Gasteiger partial charge in [-0.05, 0) is 69.5 Å². The summed E-state index contributed by atoms with van der Waals surface area (Å²) in [5.41, 5.74) is 1.09. The second-order valence-corrected chi connectivity index (χ2v) is 15.8. The SMILES string of the molecule is CCC[C@H](C(=O)N[C@H](C(=O)N(C)[C@H](C[C@@H](OC(C)=O)c1nc(C(=O)N[C@@H](Cc2ccccc2)C[C@H](C)C(=O)O)cs1)C(C)C)[C@@H](C)C1CC1)N(C)C. The zero-order valence-electron chi connectivity index (χ0n) is 32.3. The molecule has 1 aromatic carbocycles. The maximum atomic E-state index is 14.3. The number of carboxylic acids is 1. The highest BCUT2D eigenvalue weighted by Gasteiger charge is 2.42. The molecule has 13 heteroatoms. The van der Waals surface area contributed by atoms with Crippen molar-refractivity contribution in [1.29, 1.82) is 0 Å². The van der Waals surface area contributed by atoms with Crippen LogP contribution in [0.3, 0.4) is 0 Å². The van der Waals surface area contributed by atoms with E-state index in [-0.39, 0.29) is 48.2 Å². The van der Waals surface area contributed by atoms with Gasteiger partial charge in [0.1, 0.15) is 16.7 Å². The van der Waals surface area contributed by atoms with Gasteiger partial charge in [-0.1, -0.05) is 71.4 Å². The van der Waals surface area contributed by atoms with Crippen LogP contribution in [-0.4, -0.2) is 94.9 Å². The monoisotopic (exact) mass is 741 g/mol. The van der Waals surface area contributed by atoms with Gasteiger partial charge in [-0.2, -0.15) is 0 Å². The van der Waals surface area contributed by atoms with Gasteiger partial charge in [-0.3, -0.25) is 28.9 Å². The molecule has 1 saturated carbocycles. The number of carbonyl (C=O) groups is 5. The number of thiazole rings is 1. The molecular formula is C39H59N5O7S. The number of ether oxygens (including phenoxy) is 1. The van der Waals surface area contributed by atoms with Crippen molar-refractivity contribution in [2.45, 2.75) is 117 Å². The lowest BCUT2D eigenvalue weighted by molar-refractivity contribution is -0.149. The lowest BCUT2D eigenvalue weighted by atomic mass is 9.91. The Hall–Kier alpha value is -3.84. The topological polar surface area (TPSA) is 158 Å². The molecule has 3 amide bonds. The number of esters is 1. The van der Waals surface area contributed by atoms with Gasteiger partial charge in [0, 0.05) is 37.9 Å². The van der Waals surface area contributed by atoms with Gasteiger partial charge in [-0.25, -0.2) is 4.98 Å². The highest BCUT2D eigenvalue weighted by molar-refractivity contribution is 7.09. The van der Waals surface area contributed by atoms with E-state index in [2.05, 4.69) is 15.6 Å². The van der Waals surface area contributed by atoms with Crippen LogP contribution in [0.2, 0.25) is 0 Å². The van der Waals surface area contributed by atoms with Gasteiger partial charge in [0.05, 0.1) is 12.0 Å². The van der Waals surface area contributed by atoms with Crippen molar-refractivity contribution >= 4 is 41.0 Å². The third-order valence-corrected chi connectivity index (χ3v) is 11.0. The second kappa shape index (κ2) is 19.8. The Morgan fingerprint density at radius 2 is 1.65 bits per heavy atom. The summed E-state index contributed by atoms with van der Waals surface area (Å²) >= 11 is 1.19. The average molecular weight is 742 g/mol. The summed E-state index contributed by atoms with van der Waals surface area (Å²) in [6.45, 7) is 11.0. The molecule has 1 heterocycles. The van der Waals surface area contributed by atoms with Gasteiger partial charge in [0.25, 0.3) is 5.91 Å². The maximum Gasteiger partial charge on any atom is 0.306 e. The largest absolute Gasteiger partial charge is 0.481 e. The summed E-state index contributed by atoms with van der Waals surface area (Å²) in [6.07, 6.45) is 3.62. The Morgan fingerprint density at radius 3 is 2.19 bits per heavy atom. The Kier molecular flexibility index (Phi) is 16.2. The number of nitrogens with one attached hydrogen (secondary N) is 2. The zero-order chi connectivity index (χ0) is 38.7. The molecule has 0 bridgehead atoms. The van der Waals surface area contributed by atoms with Crippen molar-refractivity contribution in [2.75, 3.05) is 21.1 Å². The molecule has 1 fully saturated rings. The normalized spacial score (nSPS) is 17.0. The molecule has 1 aliphatic carbocycles. The molecule has 1 aliphatic rings. The third-order valence-electron chi connectivity index (χ3n) is 10.1. The number of aliphatic carboxylic acids is 1. The number of likely N-dealkylation sites (N-methyl/N-ethyl adjacent to an activating group) is 2. The van der Waals surface area contributed by atoms with Crippen molar-refractivity contribution in [1.82, 2.24) is 25.4 Å². The number of nitrogens with zero attached hydrogens (tertiary/aromatic N) is 3. The van der Waals surface area contributed by atoms with E-state index in [9.17, 15) is 29.1 Å². The van der Waals surface area contributed by atoms with Crippen LogP contribution in [0.25, 0.3) is 0 Å². The highest BCUT2D eigenvalue weighted by Crippen LogP contribution is 2.39. The molecule has 0 radical (unpaired) electrons. The molecule has 0 saturated heterocycles. The van der Waals surface area contributed by atoms with Crippen LogP contribution in [0.15, 0.2) is 35.7 Å². The molecule has 7 atom stereocenters. The number of carboxylic acid groups (broad SMARTS) is 1. The lowest BCUT2D eigenvalue weighted by Crippen LogP contribution is -2.57. The minimum Gasteiger partial charge on any atom is -0.481 e. The van der Waals surface area contributed by atoms with Gasteiger partial charge < -0.3 is 25.4 Å². The first-order valence-electron chi connectivity index (χ1n) is 18.5. The van der Waals surface area contributed by atoms with E-state index in [4.69, 9.17) is 4.74 Å². The number of rotatable bonds is 21. The standard InChI is InChI=1S/C39H59N5O7S/c1-10-14-31(43(7)8)36(47)42-34(25(5)28-17-18-28)38(48)44(9)32(23(2)3)21-33(51-26(6)45)37-41-30(22-52-37)35(46)40-29(19-24(4)39(49)50)20-27-15-12-11-13-16-27/h11-13,15-16,22-25,28-29,31-34H,10,14,17-21H2,1-9H3,(H,40,46)(H,42,47)(H,49,50)/t24-,25-,29+,31+,32+,33+,34-/m0/s1. The van der Waals surface area contributed by atoms with Crippen molar-refractivity contribution in [3.8, 4) is 0 Å². The Morgan fingerprint density at radius 1 is 1.00 bits per heavy atom. The summed E-state index contributed by atoms with van der Waals surface area (Å²) in [5, 5.41) is 17.6. The molecule has 0 aliphatic heterocycles.